The van der Waals surface area contributed by atoms with Crippen LogP contribution in [0.4, 0.5) is 0 Å². The van der Waals surface area contributed by atoms with Crippen molar-refractivity contribution in [3.63, 3.8) is 0 Å². The van der Waals surface area contributed by atoms with Gasteiger partial charge in [0.1, 0.15) is 5.82 Å². The predicted octanol–water partition coefficient (Wildman–Crippen LogP) is 2.55. The number of aromatic nitrogens is 2. The molecule has 1 heterocycles. The number of H-pyrrole nitrogens is 1. The lowest BCUT2D eigenvalue weighted by Crippen LogP contribution is -2.17. The third-order valence-corrected chi connectivity index (χ3v) is 3.54. The minimum Gasteiger partial charge on any atom is -0.389 e. The second-order valence-corrected chi connectivity index (χ2v) is 5.46. The Kier molecular flexibility index (Phi) is 4.93. The molecular weight excluding hydrogens is 250 g/mol. The SMILES string of the molecule is CC(O)c1ccc(C(CCN(C)C)c2ncc[nH]2)cc1. The average molecular weight is 273 g/mol. The van der Waals surface area contributed by atoms with Gasteiger partial charge in [-0.1, -0.05) is 24.3 Å². The van der Waals surface area contributed by atoms with Gasteiger partial charge in [-0.3, -0.25) is 0 Å². The summed E-state index contributed by atoms with van der Waals surface area (Å²) in [5.41, 5.74) is 2.17. The maximum Gasteiger partial charge on any atom is 0.113 e. The predicted molar refractivity (Wildman–Crippen MR) is 80.7 cm³/mol. The number of aromatic amines is 1. The summed E-state index contributed by atoms with van der Waals surface area (Å²) in [6.45, 7) is 2.79. The highest BCUT2D eigenvalue weighted by Crippen LogP contribution is 2.26. The number of aliphatic hydroxyl groups is 1. The molecule has 0 amide bonds. The van der Waals surface area contributed by atoms with Gasteiger partial charge >= 0.3 is 0 Å². The maximum absolute atomic E-state index is 9.59. The van der Waals surface area contributed by atoms with Crippen molar-refractivity contribution in [2.75, 3.05) is 20.6 Å². The molecule has 0 saturated carbocycles. The monoisotopic (exact) mass is 273 g/mol. The van der Waals surface area contributed by atoms with E-state index in [2.05, 4.69) is 41.1 Å². The summed E-state index contributed by atoms with van der Waals surface area (Å²) in [5, 5.41) is 9.59. The Balaban J connectivity index is 2.21. The van der Waals surface area contributed by atoms with E-state index in [0.717, 1.165) is 24.4 Å². The quantitative estimate of drug-likeness (QED) is 0.850. The van der Waals surface area contributed by atoms with E-state index in [1.807, 2.05) is 18.3 Å². The van der Waals surface area contributed by atoms with Gasteiger partial charge in [-0.05, 0) is 45.1 Å². The molecule has 0 bridgehead atoms. The number of imidazole rings is 1. The average Bonchev–Trinajstić information content (AvgIpc) is 2.93. The summed E-state index contributed by atoms with van der Waals surface area (Å²) in [6, 6.07) is 8.16. The molecule has 4 nitrogen and oxygen atoms in total. The largest absolute Gasteiger partial charge is 0.389 e. The summed E-state index contributed by atoms with van der Waals surface area (Å²) < 4.78 is 0. The molecule has 0 spiro atoms. The van der Waals surface area contributed by atoms with Crippen LogP contribution in [0.2, 0.25) is 0 Å². The fraction of sp³-hybridized carbons (Fsp3) is 0.438. The zero-order valence-electron chi connectivity index (χ0n) is 12.4. The molecular formula is C16H23N3O. The third-order valence-electron chi connectivity index (χ3n) is 3.54. The molecule has 2 aromatic rings. The third kappa shape index (κ3) is 3.68. The van der Waals surface area contributed by atoms with Crippen molar-refractivity contribution in [2.24, 2.45) is 0 Å². The van der Waals surface area contributed by atoms with E-state index in [-0.39, 0.29) is 5.92 Å². The van der Waals surface area contributed by atoms with E-state index >= 15 is 0 Å². The van der Waals surface area contributed by atoms with Crippen LogP contribution in [0, 0.1) is 0 Å². The summed E-state index contributed by atoms with van der Waals surface area (Å²) in [4.78, 5) is 9.80. The summed E-state index contributed by atoms with van der Waals surface area (Å²) in [6.07, 6.45) is 4.24. The van der Waals surface area contributed by atoms with Crippen molar-refractivity contribution in [1.82, 2.24) is 14.9 Å². The van der Waals surface area contributed by atoms with Gasteiger partial charge in [-0.15, -0.1) is 0 Å². The summed E-state index contributed by atoms with van der Waals surface area (Å²) in [5.74, 6) is 1.26. The van der Waals surface area contributed by atoms with Crippen LogP contribution in [0.5, 0.6) is 0 Å². The molecule has 1 aromatic heterocycles. The minimum absolute atomic E-state index is 0.260. The van der Waals surface area contributed by atoms with E-state index in [1.54, 1.807) is 13.1 Å². The lowest BCUT2D eigenvalue weighted by molar-refractivity contribution is 0.199. The van der Waals surface area contributed by atoms with Crippen molar-refractivity contribution < 1.29 is 5.11 Å². The maximum atomic E-state index is 9.59. The number of hydrogen-bond acceptors (Lipinski definition) is 3. The van der Waals surface area contributed by atoms with Crippen molar-refractivity contribution in [3.8, 4) is 0 Å². The molecule has 108 valence electrons. The van der Waals surface area contributed by atoms with Crippen LogP contribution in [0.1, 0.15) is 42.3 Å². The van der Waals surface area contributed by atoms with Gasteiger partial charge in [0.2, 0.25) is 0 Å². The first kappa shape index (κ1) is 14.8. The van der Waals surface area contributed by atoms with Gasteiger partial charge in [0.15, 0.2) is 0 Å². The number of rotatable bonds is 6. The summed E-state index contributed by atoms with van der Waals surface area (Å²) >= 11 is 0. The van der Waals surface area contributed by atoms with Crippen LogP contribution >= 0.6 is 0 Å². The van der Waals surface area contributed by atoms with Gasteiger partial charge in [-0.25, -0.2) is 4.98 Å². The van der Waals surface area contributed by atoms with Gasteiger partial charge < -0.3 is 15.0 Å². The summed E-state index contributed by atoms with van der Waals surface area (Å²) in [7, 11) is 4.16. The number of aliphatic hydroxyl groups excluding tert-OH is 1. The van der Waals surface area contributed by atoms with E-state index in [4.69, 9.17) is 0 Å². The highest BCUT2D eigenvalue weighted by Gasteiger charge is 2.17. The van der Waals surface area contributed by atoms with Gasteiger partial charge in [0.05, 0.1) is 6.10 Å². The molecule has 20 heavy (non-hydrogen) atoms. The van der Waals surface area contributed by atoms with Crippen LogP contribution in [-0.4, -0.2) is 40.6 Å². The van der Waals surface area contributed by atoms with Crippen molar-refractivity contribution >= 4 is 0 Å². The highest BCUT2D eigenvalue weighted by atomic mass is 16.3. The topological polar surface area (TPSA) is 52.1 Å². The molecule has 0 aliphatic carbocycles. The fourth-order valence-corrected chi connectivity index (χ4v) is 2.32. The van der Waals surface area contributed by atoms with Crippen LogP contribution in [0.15, 0.2) is 36.7 Å². The van der Waals surface area contributed by atoms with Crippen LogP contribution in [-0.2, 0) is 0 Å². The standard InChI is InChI=1S/C16H23N3O/c1-12(20)13-4-6-14(7-5-13)15(8-11-19(2)3)16-17-9-10-18-16/h4-7,9-10,12,15,20H,8,11H2,1-3H3,(H,17,18). The van der Waals surface area contributed by atoms with Crippen LogP contribution in [0.3, 0.4) is 0 Å². The smallest absolute Gasteiger partial charge is 0.113 e. The van der Waals surface area contributed by atoms with Crippen LogP contribution in [0.25, 0.3) is 0 Å². The Morgan fingerprint density at radius 2 is 1.85 bits per heavy atom. The molecule has 0 aliphatic rings. The zero-order valence-corrected chi connectivity index (χ0v) is 12.4. The first-order valence-corrected chi connectivity index (χ1v) is 7.00. The molecule has 2 unspecified atom stereocenters. The van der Waals surface area contributed by atoms with Crippen LogP contribution < -0.4 is 0 Å². The molecule has 4 heteroatoms. The van der Waals surface area contributed by atoms with Crippen molar-refractivity contribution in [1.29, 1.82) is 0 Å². The number of hydrogen-bond donors (Lipinski definition) is 2. The molecule has 2 rings (SSSR count). The fourth-order valence-electron chi connectivity index (χ4n) is 2.32. The molecule has 0 radical (unpaired) electrons. The second-order valence-electron chi connectivity index (χ2n) is 5.46. The number of benzene rings is 1. The van der Waals surface area contributed by atoms with Gasteiger partial charge in [0.25, 0.3) is 0 Å². The van der Waals surface area contributed by atoms with Gasteiger partial charge in [-0.2, -0.15) is 0 Å². The lowest BCUT2D eigenvalue weighted by atomic mass is 9.93. The Morgan fingerprint density at radius 1 is 1.20 bits per heavy atom. The zero-order chi connectivity index (χ0) is 14.5. The van der Waals surface area contributed by atoms with Gasteiger partial charge in [0, 0.05) is 18.3 Å². The van der Waals surface area contributed by atoms with E-state index in [9.17, 15) is 5.11 Å². The Morgan fingerprint density at radius 3 is 2.35 bits per heavy atom. The Labute approximate surface area is 120 Å². The Hall–Kier alpha value is -1.65. The first-order valence-electron chi connectivity index (χ1n) is 7.00. The molecule has 0 fully saturated rings. The lowest BCUT2D eigenvalue weighted by Gasteiger charge is -2.18. The normalized spacial score (nSPS) is 14.4. The first-order chi connectivity index (χ1) is 9.58. The second kappa shape index (κ2) is 6.68. The van der Waals surface area contributed by atoms with Crippen molar-refractivity contribution in [3.05, 3.63) is 53.6 Å². The van der Waals surface area contributed by atoms with E-state index in [0.29, 0.717) is 0 Å². The highest BCUT2D eigenvalue weighted by molar-refractivity contribution is 5.30. The molecule has 1 aromatic carbocycles. The molecule has 0 saturated heterocycles. The molecule has 2 N–H and O–H groups in total. The molecule has 0 aliphatic heterocycles. The van der Waals surface area contributed by atoms with Crippen molar-refractivity contribution in [2.45, 2.75) is 25.4 Å². The minimum atomic E-state index is -0.423. The number of nitrogens with zero attached hydrogens (tertiary/aromatic N) is 2. The molecule has 2 atom stereocenters. The number of nitrogens with one attached hydrogen (secondary N) is 1. The van der Waals surface area contributed by atoms with E-state index < -0.39 is 6.10 Å². The van der Waals surface area contributed by atoms with E-state index in [1.165, 1.54) is 5.56 Å². The Bertz CT molecular complexity index is 503.